The van der Waals surface area contributed by atoms with E-state index in [0.29, 0.717) is 0 Å². The summed E-state index contributed by atoms with van der Waals surface area (Å²) in [7, 11) is 2.03. The molecule has 1 N–H and O–H groups in total. The van der Waals surface area contributed by atoms with Crippen LogP contribution in [0.1, 0.15) is 26.2 Å². The Morgan fingerprint density at radius 2 is 2.09 bits per heavy atom. The van der Waals surface area contributed by atoms with Gasteiger partial charge in [0.1, 0.15) is 0 Å². The maximum Gasteiger partial charge on any atom is 0.0120 e. The minimum Gasteiger partial charge on any atom is -0.319 e. The Morgan fingerprint density at radius 3 is 2.55 bits per heavy atom. The fourth-order valence-electron chi connectivity index (χ4n) is 1.67. The topological polar surface area (TPSA) is 12.0 Å². The minimum absolute atomic E-state index is 0.884. The lowest BCUT2D eigenvalue weighted by molar-refractivity contribution is 0.179. The molecule has 1 aliphatic carbocycles. The maximum atomic E-state index is 3.23. The van der Waals surface area contributed by atoms with Crippen molar-refractivity contribution < 1.29 is 0 Å². The molecule has 1 rings (SSSR count). The minimum atomic E-state index is 0.884. The average Bonchev–Trinajstić information content (AvgIpc) is 1.99. The second kappa shape index (κ2) is 4.41. The van der Waals surface area contributed by atoms with Crippen LogP contribution in [-0.2, 0) is 0 Å². The van der Waals surface area contributed by atoms with Gasteiger partial charge in [-0.05, 0) is 45.2 Å². The number of rotatable bonds is 3. The Morgan fingerprint density at radius 1 is 1.36 bits per heavy atom. The van der Waals surface area contributed by atoms with Crippen LogP contribution in [0.3, 0.4) is 0 Å². The van der Waals surface area contributed by atoms with Crippen molar-refractivity contribution in [1.82, 2.24) is 5.32 Å². The first kappa shape index (κ1) is 8.62. The van der Waals surface area contributed by atoms with E-state index in [1.165, 1.54) is 19.4 Å². The van der Waals surface area contributed by atoms with Gasteiger partial charge >= 0.3 is 0 Å². The fourth-order valence-corrected chi connectivity index (χ4v) is 1.67. The van der Waals surface area contributed by atoms with Gasteiger partial charge in [-0.1, -0.05) is 0 Å². The summed E-state index contributed by atoms with van der Waals surface area (Å²) in [6, 6.07) is 0. The van der Waals surface area contributed by atoms with Crippen LogP contribution in [0.4, 0.5) is 0 Å². The highest BCUT2D eigenvalue weighted by Gasteiger charge is 2.28. The fraction of sp³-hybridized carbons (Fsp3) is 0.800. The van der Waals surface area contributed by atoms with E-state index < -0.39 is 0 Å². The molecule has 1 heteroatoms. The molecule has 0 spiro atoms. The lowest BCUT2D eigenvalue weighted by Gasteiger charge is -2.35. The molecule has 1 aliphatic rings. The standard InChI is InChI=1S/C10H17N/c1-3-4-5-9-6-7-10(9)8-11-2/h9-11H,5-8H2,1-2H3. The monoisotopic (exact) mass is 151 g/mol. The smallest absolute Gasteiger partial charge is 0.0120 e. The molecule has 62 valence electrons. The van der Waals surface area contributed by atoms with Gasteiger partial charge < -0.3 is 5.32 Å². The summed E-state index contributed by atoms with van der Waals surface area (Å²) < 4.78 is 0. The molecule has 0 aromatic carbocycles. The zero-order valence-electron chi connectivity index (χ0n) is 7.48. The van der Waals surface area contributed by atoms with E-state index in [1.54, 1.807) is 0 Å². The Hall–Kier alpha value is -0.480. The SMILES string of the molecule is CC#CCC1CCC1CNC. The van der Waals surface area contributed by atoms with E-state index in [0.717, 1.165) is 18.3 Å². The average molecular weight is 151 g/mol. The molecule has 2 unspecified atom stereocenters. The zero-order valence-corrected chi connectivity index (χ0v) is 7.48. The quantitative estimate of drug-likeness (QED) is 0.605. The Balaban J connectivity index is 2.18. The molecule has 1 saturated carbocycles. The van der Waals surface area contributed by atoms with E-state index in [-0.39, 0.29) is 0 Å². The molecule has 0 aliphatic heterocycles. The van der Waals surface area contributed by atoms with Crippen molar-refractivity contribution in [2.45, 2.75) is 26.2 Å². The van der Waals surface area contributed by atoms with Gasteiger partial charge in [0.05, 0.1) is 0 Å². The molecule has 0 aromatic heterocycles. The van der Waals surface area contributed by atoms with Crippen molar-refractivity contribution in [2.75, 3.05) is 13.6 Å². The lowest BCUT2D eigenvalue weighted by atomic mass is 9.72. The van der Waals surface area contributed by atoms with Gasteiger partial charge in [0, 0.05) is 6.42 Å². The highest BCUT2D eigenvalue weighted by Crippen LogP contribution is 2.35. The molecule has 0 bridgehead atoms. The van der Waals surface area contributed by atoms with Crippen molar-refractivity contribution in [2.24, 2.45) is 11.8 Å². The summed E-state index contributed by atoms with van der Waals surface area (Å²) in [5, 5.41) is 3.23. The summed E-state index contributed by atoms with van der Waals surface area (Å²) in [6.07, 6.45) is 3.90. The first-order valence-electron chi connectivity index (χ1n) is 4.42. The van der Waals surface area contributed by atoms with Crippen LogP contribution in [0.15, 0.2) is 0 Å². The normalized spacial score (nSPS) is 28.5. The van der Waals surface area contributed by atoms with Crippen LogP contribution in [-0.4, -0.2) is 13.6 Å². The van der Waals surface area contributed by atoms with Crippen LogP contribution < -0.4 is 5.32 Å². The summed E-state index contributed by atoms with van der Waals surface area (Å²) in [6.45, 7) is 3.10. The van der Waals surface area contributed by atoms with Crippen molar-refractivity contribution in [3.63, 3.8) is 0 Å². The molecule has 0 saturated heterocycles. The third-order valence-corrected chi connectivity index (χ3v) is 2.58. The molecule has 0 radical (unpaired) electrons. The number of nitrogens with one attached hydrogen (secondary N) is 1. The molecule has 11 heavy (non-hydrogen) atoms. The van der Waals surface area contributed by atoms with Gasteiger partial charge in [-0.2, -0.15) is 0 Å². The highest BCUT2D eigenvalue weighted by molar-refractivity contribution is 4.99. The second-order valence-electron chi connectivity index (χ2n) is 3.29. The Labute approximate surface area is 69.6 Å². The van der Waals surface area contributed by atoms with E-state index in [9.17, 15) is 0 Å². The van der Waals surface area contributed by atoms with E-state index in [2.05, 4.69) is 17.2 Å². The van der Waals surface area contributed by atoms with E-state index in [4.69, 9.17) is 0 Å². The largest absolute Gasteiger partial charge is 0.319 e. The van der Waals surface area contributed by atoms with Crippen LogP contribution in [0.25, 0.3) is 0 Å². The number of hydrogen-bond acceptors (Lipinski definition) is 1. The van der Waals surface area contributed by atoms with Gasteiger partial charge in [0.15, 0.2) is 0 Å². The third kappa shape index (κ3) is 2.24. The molecular formula is C10H17N. The van der Waals surface area contributed by atoms with E-state index in [1.807, 2.05) is 14.0 Å². The number of hydrogen-bond donors (Lipinski definition) is 1. The summed E-state index contributed by atoms with van der Waals surface area (Å²) in [5.41, 5.74) is 0. The first-order valence-corrected chi connectivity index (χ1v) is 4.42. The van der Waals surface area contributed by atoms with Gasteiger partial charge in [0.25, 0.3) is 0 Å². The van der Waals surface area contributed by atoms with Crippen LogP contribution in [0, 0.1) is 23.7 Å². The molecular weight excluding hydrogens is 134 g/mol. The molecule has 0 amide bonds. The van der Waals surface area contributed by atoms with Crippen molar-refractivity contribution >= 4 is 0 Å². The molecule has 0 heterocycles. The van der Waals surface area contributed by atoms with E-state index >= 15 is 0 Å². The van der Waals surface area contributed by atoms with Gasteiger partial charge in [-0.15, -0.1) is 11.8 Å². The van der Waals surface area contributed by atoms with Crippen LogP contribution in [0.5, 0.6) is 0 Å². The molecule has 1 fully saturated rings. The Kier molecular flexibility index (Phi) is 3.45. The second-order valence-corrected chi connectivity index (χ2v) is 3.29. The zero-order chi connectivity index (χ0) is 8.10. The van der Waals surface area contributed by atoms with Gasteiger partial charge in [-0.25, -0.2) is 0 Å². The van der Waals surface area contributed by atoms with Crippen molar-refractivity contribution in [1.29, 1.82) is 0 Å². The van der Waals surface area contributed by atoms with Crippen LogP contribution >= 0.6 is 0 Å². The molecule has 2 atom stereocenters. The maximum absolute atomic E-state index is 3.23. The molecule has 0 aromatic rings. The predicted octanol–water partition coefficient (Wildman–Crippen LogP) is 1.65. The summed E-state index contributed by atoms with van der Waals surface area (Å²) in [5.74, 6) is 7.91. The predicted molar refractivity (Wildman–Crippen MR) is 48.2 cm³/mol. The summed E-state index contributed by atoms with van der Waals surface area (Å²) in [4.78, 5) is 0. The molecule has 1 nitrogen and oxygen atoms in total. The first-order chi connectivity index (χ1) is 5.38. The highest BCUT2D eigenvalue weighted by atomic mass is 14.8. The van der Waals surface area contributed by atoms with Gasteiger partial charge in [-0.3, -0.25) is 0 Å². The van der Waals surface area contributed by atoms with Crippen molar-refractivity contribution in [3.05, 3.63) is 0 Å². The Bertz CT molecular complexity index is 163. The van der Waals surface area contributed by atoms with Gasteiger partial charge in [0.2, 0.25) is 0 Å². The summed E-state index contributed by atoms with van der Waals surface area (Å²) >= 11 is 0. The lowest BCUT2D eigenvalue weighted by Crippen LogP contribution is -2.33. The van der Waals surface area contributed by atoms with Crippen LogP contribution in [0.2, 0.25) is 0 Å². The van der Waals surface area contributed by atoms with Crippen molar-refractivity contribution in [3.8, 4) is 11.8 Å². The third-order valence-electron chi connectivity index (χ3n) is 2.58.